The summed E-state index contributed by atoms with van der Waals surface area (Å²) in [6.45, 7) is 1.69. The Morgan fingerprint density at radius 2 is 1.95 bits per heavy atom. The SMILES string of the molecule is O=[N+]([O-])c1ccccc1CCNCC1CCC(O)CC1. The largest absolute Gasteiger partial charge is 0.393 e. The third-order valence-corrected chi connectivity index (χ3v) is 4.01. The van der Waals surface area contributed by atoms with Gasteiger partial charge < -0.3 is 10.4 Å². The molecule has 0 bridgehead atoms. The van der Waals surface area contributed by atoms with Crippen molar-refractivity contribution >= 4 is 5.69 Å². The molecule has 1 aromatic rings. The second-order valence-electron chi connectivity index (χ2n) is 5.51. The van der Waals surface area contributed by atoms with E-state index < -0.39 is 0 Å². The number of para-hydroxylation sites is 1. The van der Waals surface area contributed by atoms with Crippen LogP contribution in [-0.4, -0.2) is 29.2 Å². The van der Waals surface area contributed by atoms with Crippen molar-refractivity contribution in [1.82, 2.24) is 5.32 Å². The molecule has 20 heavy (non-hydrogen) atoms. The number of rotatable bonds is 6. The summed E-state index contributed by atoms with van der Waals surface area (Å²) >= 11 is 0. The number of hydrogen-bond acceptors (Lipinski definition) is 4. The maximum atomic E-state index is 10.9. The van der Waals surface area contributed by atoms with Crippen LogP contribution in [0, 0.1) is 16.0 Å². The number of hydrogen-bond donors (Lipinski definition) is 2. The highest BCUT2D eigenvalue weighted by atomic mass is 16.6. The van der Waals surface area contributed by atoms with Crippen LogP contribution in [0.3, 0.4) is 0 Å². The van der Waals surface area contributed by atoms with Gasteiger partial charge in [0, 0.05) is 11.6 Å². The Bertz CT molecular complexity index is 442. The van der Waals surface area contributed by atoms with Crippen LogP contribution in [0.5, 0.6) is 0 Å². The number of aliphatic hydroxyl groups is 1. The predicted molar refractivity (Wildman–Crippen MR) is 77.6 cm³/mol. The fraction of sp³-hybridized carbons (Fsp3) is 0.600. The molecule has 1 fully saturated rings. The summed E-state index contributed by atoms with van der Waals surface area (Å²) in [4.78, 5) is 10.6. The Labute approximate surface area is 119 Å². The van der Waals surface area contributed by atoms with Crippen LogP contribution >= 0.6 is 0 Å². The second kappa shape index (κ2) is 7.36. The second-order valence-corrected chi connectivity index (χ2v) is 5.51. The summed E-state index contributed by atoms with van der Waals surface area (Å²) in [5.74, 6) is 0.629. The predicted octanol–water partition coefficient (Wildman–Crippen LogP) is 2.28. The quantitative estimate of drug-likeness (QED) is 0.475. The van der Waals surface area contributed by atoms with Crippen molar-refractivity contribution in [2.24, 2.45) is 5.92 Å². The topological polar surface area (TPSA) is 75.4 Å². The summed E-state index contributed by atoms with van der Waals surface area (Å²) in [6, 6.07) is 6.90. The van der Waals surface area contributed by atoms with Gasteiger partial charge in [-0.1, -0.05) is 18.2 Å². The van der Waals surface area contributed by atoms with Crippen LogP contribution in [0.15, 0.2) is 24.3 Å². The first-order chi connectivity index (χ1) is 9.66. The molecule has 1 saturated carbocycles. The van der Waals surface area contributed by atoms with E-state index in [4.69, 9.17) is 0 Å². The highest BCUT2D eigenvalue weighted by Gasteiger charge is 2.19. The molecule has 0 aliphatic heterocycles. The summed E-state index contributed by atoms with van der Waals surface area (Å²) in [5.41, 5.74) is 0.985. The molecule has 1 aliphatic carbocycles. The van der Waals surface area contributed by atoms with Gasteiger partial charge in [0.05, 0.1) is 11.0 Å². The van der Waals surface area contributed by atoms with Crippen LogP contribution < -0.4 is 5.32 Å². The number of nitro groups is 1. The van der Waals surface area contributed by atoms with E-state index in [1.807, 2.05) is 12.1 Å². The van der Waals surface area contributed by atoms with E-state index in [1.54, 1.807) is 12.1 Å². The van der Waals surface area contributed by atoms with Crippen LogP contribution in [0.1, 0.15) is 31.2 Å². The van der Waals surface area contributed by atoms with E-state index in [0.29, 0.717) is 12.3 Å². The lowest BCUT2D eigenvalue weighted by atomic mass is 9.87. The van der Waals surface area contributed by atoms with Crippen molar-refractivity contribution < 1.29 is 10.0 Å². The molecule has 0 spiro atoms. The van der Waals surface area contributed by atoms with E-state index >= 15 is 0 Å². The highest BCUT2D eigenvalue weighted by Crippen LogP contribution is 2.23. The molecule has 2 rings (SSSR count). The fourth-order valence-electron chi connectivity index (χ4n) is 2.78. The van der Waals surface area contributed by atoms with Gasteiger partial charge in [-0.3, -0.25) is 10.1 Å². The average molecular weight is 278 g/mol. The number of benzene rings is 1. The summed E-state index contributed by atoms with van der Waals surface area (Å²) in [5, 5.41) is 23.7. The van der Waals surface area contributed by atoms with E-state index in [-0.39, 0.29) is 16.7 Å². The minimum atomic E-state index is -0.322. The molecule has 2 N–H and O–H groups in total. The van der Waals surface area contributed by atoms with E-state index in [9.17, 15) is 15.2 Å². The zero-order valence-corrected chi connectivity index (χ0v) is 11.6. The maximum Gasteiger partial charge on any atom is 0.272 e. The minimum Gasteiger partial charge on any atom is -0.393 e. The lowest BCUT2D eigenvalue weighted by Gasteiger charge is -2.25. The minimum absolute atomic E-state index is 0.113. The van der Waals surface area contributed by atoms with E-state index in [1.165, 1.54) is 0 Å². The first-order valence-electron chi connectivity index (χ1n) is 7.28. The van der Waals surface area contributed by atoms with Crippen molar-refractivity contribution in [2.75, 3.05) is 13.1 Å². The standard InChI is InChI=1S/C15H22N2O3/c18-14-7-5-12(6-8-14)11-16-10-9-13-3-1-2-4-15(13)17(19)20/h1-4,12,14,16,18H,5-11H2. The number of nitrogens with one attached hydrogen (secondary N) is 1. The summed E-state index contributed by atoms with van der Waals surface area (Å²) < 4.78 is 0. The molecule has 0 radical (unpaired) electrons. The molecule has 0 amide bonds. The molecule has 110 valence electrons. The molecule has 0 aromatic heterocycles. The van der Waals surface area contributed by atoms with E-state index in [0.717, 1.165) is 44.3 Å². The van der Waals surface area contributed by atoms with Gasteiger partial charge in [-0.15, -0.1) is 0 Å². The molecule has 5 heteroatoms. The van der Waals surface area contributed by atoms with Gasteiger partial charge in [-0.2, -0.15) is 0 Å². The van der Waals surface area contributed by atoms with Crippen molar-refractivity contribution in [3.8, 4) is 0 Å². The molecule has 0 heterocycles. The van der Waals surface area contributed by atoms with Gasteiger partial charge in [-0.05, 0) is 51.1 Å². The first-order valence-corrected chi connectivity index (χ1v) is 7.28. The lowest BCUT2D eigenvalue weighted by molar-refractivity contribution is -0.385. The highest BCUT2D eigenvalue weighted by molar-refractivity contribution is 5.39. The van der Waals surface area contributed by atoms with Gasteiger partial charge in [0.1, 0.15) is 0 Å². The zero-order valence-electron chi connectivity index (χ0n) is 11.6. The zero-order chi connectivity index (χ0) is 14.4. The van der Waals surface area contributed by atoms with Gasteiger partial charge in [-0.25, -0.2) is 0 Å². The Morgan fingerprint density at radius 1 is 1.25 bits per heavy atom. The van der Waals surface area contributed by atoms with Gasteiger partial charge >= 0.3 is 0 Å². The van der Waals surface area contributed by atoms with Gasteiger partial charge in [0.25, 0.3) is 5.69 Å². The normalized spacial score (nSPS) is 22.6. The molecule has 0 unspecified atom stereocenters. The first kappa shape index (κ1) is 14.9. The molecule has 0 saturated heterocycles. The van der Waals surface area contributed by atoms with Crippen molar-refractivity contribution in [1.29, 1.82) is 0 Å². The maximum absolute atomic E-state index is 10.9. The Hall–Kier alpha value is -1.46. The third-order valence-electron chi connectivity index (χ3n) is 4.01. The smallest absolute Gasteiger partial charge is 0.272 e. The van der Waals surface area contributed by atoms with Crippen molar-refractivity contribution in [3.63, 3.8) is 0 Å². The van der Waals surface area contributed by atoms with Crippen LogP contribution in [0.4, 0.5) is 5.69 Å². The summed E-state index contributed by atoms with van der Waals surface area (Å²) in [7, 11) is 0. The number of aliphatic hydroxyl groups excluding tert-OH is 1. The fourth-order valence-corrected chi connectivity index (χ4v) is 2.78. The van der Waals surface area contributed by atoms with Crippen LogP contribution in [-0.2, 0) is 6.42 Å². The molecule has 1 aliphatic rings. The molecule has 5 nitrogen and oxygen atoms in total. The Balaban J connectivity index is 1.72. The Kier molecular flexibility index (Phi) is 5.49. The summed E-state index contributed by atoms with van der Waals surface area (Å²) in [6.07, 6.45) is 4.50. The third kappa shape index (κ3) is 4.28. The molecule has 0 atom stereocenters. The monoisotopic (exact) mass is 278 g/mol. The molecule has 1 aromatic carbocycles. The van der Waals surface area contributed by atoms with Crippen molar-refractivity contribution in [3.05, 3.63) is 39.9 Å². The number of nitro benzene ring substituents is 1. The molecular formula is C15H22N2O3. The lowest BCUT2D eigenvalue weighted by Crippen LogP contribution is -2.29. The number of nitrogens with zero attached hydrogens (tertiary/aromatic N) is 1. The van der Waals surface area contributed by atoms with Crippen LogP contribution in [0.2, 0.25) is 0 Å². The van der Waals surface area contributed by atoms with Gasteiger partial charge in [0.2, 0.25) is 0 Å². The van der Waals surface area contributed by atoms with Crippen LogP contribution in [0.25, 0.3) is 0 Å². The van der Waals surface area contributed by atoms with E-state index in [2.05, 4.69) is 5.32 Å². The average Bonchev–Trinajstić information content (AvgIpc) is 2.46. The van der Waals surface area contributed by atoms with Crippen molar-refractivity contribution in [2.45, 2.75) is 38.2 Å². The Morgan fingerprint density at radius 3 is 2.65 bits per heavy atom. The molecular weight excluding hydrogens is 256 g/mol. The van der Waals surface area contributed by atoms with Gasteiger partial charge in [0.15, 0.2) is 0 Å².